The van der Waals surface area contributed by atoms with E-state index in [9.17, 15) is 78.3 Å². The Morgan fingerprint density at radius 3 is 1.34 bits per heavy atom. The average molecular weight is 1030 g/mol. The summed E-state index contributed by atoms with van der Waals surface area (Å²) < 4.78 is 0. The summed E-state index contributed by atoms with van der Waals surface area (Å²) in [5.74, 6) is -13.5. The van der Waals surface area contributed by atoms with E-state index in [2.05, 4.69) is 42.5 Å². The van der Waals surface area contributed by atoms with Gasteiger partial charge in [-0.15, -0.1) is 0 Å². The average Bonchev–Trinajstić information content (AvgIpc) is 3.32. The molecule has 8 amide bonds. The van der Waals surface area contributed by atoms with Crippen molar-refractivity contribution in [1.82, 2.24) is 42.5 Å². The minimum absolute atomic E-state index is 0.0366. The molecule has 2 aromatic rings. The summed E-state index contributed by atoms with van der Waals surface area (Å²) >= 11 is 0. The van der Waals surface area contributed by atoms with Gasteiger partial charge in [-0.1, -0.05) is 88.4 Å². The molecule has 25 heteroatoms. The molecule has 0 bridgehead atoms. The van der Waals surface area contributed by atoms with Crippen LogP contribution in [-0.2, 0) is 65.6 Å². The highest BCUT2D eigenvalue weighted by Crippen LogP contribution is 2.12. The fourth-order valence-corrected chi connectivity index (χ4v) is 6.99. The molecule has 0 aliphatic carbocycles. The zero-order chi connectivity index (χ0) is 55.1. The summed E-state index contributed by atoms with van der Waals surface area (Å²) in [5, 5.41) is 67.5. The summed E-state index contributed by atoms with van der Waals surface area (Å²) in [5.41, 5.74) is 6.56. The summed E-state index contributed by atoms with van der Waals surface area (Å²) in [4.78, 5) is 145. The Morgan fingerprint density at radius 1 is 0.493 bits per heavy atom. The van der Waals surface area contributed by atoms with E-state index in [-0.39, 0.29) is 25.2 Å². The molecule has 402 valence electrons. The van der Waals surface area contributed by atoms with Gasteiger partial charge in [-0.2, -0.15) is 0 Å². The van der Waals surface area contributed by atoms with Crippen LogP contribution in [0.2, 0.25) is 0 Å². The van der Waals surface area contributed by atoms with Crippen molar-refractivity contribution in [3.63, 3.8) is 0 Å². The highest BCUT2D eigenvalue weighted by molar-refractivity contribution is 5.99. The van der Waals surface area contributed by atoms with Crippen molar-refractivity contribution in [2.75, 3.05) is 6.61 Å². The Kier molecular flexibility index (Phi) is 25.6. The maximum atomic E-state index is 14.3. The zero-order valence-corrected chi connectivity index (χ0v) is 41.5. The van der Waals surface area contributed by atoms with Crippen LogP contribution in [0, 0.1) is 11.8 Å². The lowest BCUT2D eigenvalue weighted by Gasteiger charge is -2.29. The van der Waals surface area contributed by atoms with Gasteiger partial charge >= 0.3 is 17.9 Å². The Bertz CT molecular complexity index is 2230. The van der Waals surface area contributed by atoms with Gasteiger partial charge in [-0.3, -0.25) is 52.7 Å². The van der Waals surface area contributed by atoms with E-state index in [1.807, 2.05) is 0 Å². The topological polar surface area (TPSA) is 411 Å². The van der Waals surface area contributed by atoms with Crippen LogP contribution < -0.4 is 48.3 Å². The number of aliphatic hydroxyl groups excluding tert-OH is 2. The lowest BCUT2D eigenvalue weighted by molar-refractivity contribution is -0.143. The first-order chi connectivity index (χ1) is 34.2. The molecule has 0 spiro atoms. The van der Waals surface area contributed by atoms with Crippen LogP contribution in [0.3, 0.4) is 0 Å². The molecule has 0 heterocycles. The van der Waals surface area contributed by atoms with E-state index in [0.29, 0.717) is 11.1 Å². The maximum Gasteiger partial charge on any atom is 0.325 e. The number of amides is 8. The molecule has 0 saturated carbocycles. The van der Waals surface area contributed by atoms with Crippen LogP contribution in [0.1, 0.15) is 78.4 Å². The van der Waals surface area contributed by atoms with Crippen LogP contribution in [-0.4, -0.2) is 158 Å². The Morgan fingerprint density at radius 2 is 0.904 bits per heavy atom. The van der Waals surface area contributed by atoms with Crippen LogP contribution >= 0.6 is 0 Å². The molecule has 0 aliphatic rings. The highest BCUT2D eigenvalue weighted by Gasteiger charge is 2.37. The number of carboxylic acid groups (broad SMARTS) is 3. The molecular weight excluding hydrogens is 959 g/mol. The molecular formula is C48H69N9O16. The van der Waals surface area contributed by atoms with Gasteiger partial charge < -0.3 is 73.8 Å². The van der Waals surface area contributed by atoms with Crippen molar-refractivity contribution >= 4 is 65.2 Å². The Hall–Kier alpha value is -7.51. The number of carbonyl (C=O) groups excluding carboxylic acids is 8. The molecule has 0 aliphatic heterocycles. The Labute approximate surface area is 421 Å². The molecule has 2 rings (SSSR count). The van der Waals surface area contributed by atoms with E-state index in [1.54, 1.807) is 88.4 Å². The Balaban J connectivity index is 2.52. The lowest BCUT2D eigenvalue weighted by atomic mass is 9.99. The van der Waals surface area contributed by atoms with Crippen LogP contribution in [0.4, 0.5) is 0 Å². The van der Waals surface area contributed by atoms with Gasteiger partial charge in [-0.25, -0.2) is 0 Å². The lowest BCUT2D eigenvalue weighted by Crippen LogP contribution is -2.62. The van der Waals surface area contributed by atoms with Gasteiger partial charge in [0, 0.05) is 19.3 Å². The fourth-order valence-electron chi connectivity index (χ4n) is 6.99. The van der Waals surface area contributed by atoms with E-state index >= 15 is 0 Å². The first-order valence-electron chi connectivity index (χ1n) is 23.5. The third kappa shape index (κ3) is 21.8. The first-order valence-corrected chi connectivity index (χ1v) is 23.5. The van der Waals surface area contributed by atoms with Gasteiger partial charge in [0.15, 0.2) is 0 Å². The number of nitrogens with two attached hydrogens (primary N) is 1. The van der Waals surface area contributed by atoms with Gasteiger partial charge in [0.25, 0.3) is 0 Å². The summed E-state index contributed by atoms with van der Waals surface area (Å²) in [6.45, 7) is 8.20. The van der Waals surface area contributed by atoms with Crippen LogP contribution in [0.15, 0.2) is 60.7 Å². The smallest absolute Gasteiger partial charge is 0.325 e. The van der Waals surface area contributed by atoms with Gasteiger partial charge in [0.05, 0.1) is 19.1 Å². The summed E-state index contributed by atoms with van der Waals surface area (Å²) in [6, 6.07) is 2.29. The van der Waals surface area contributed by atoms with E-state index in [0.717, 1.165) is 13.8 Å². The number of hydrogen-bond donors (Lipinski definition) is 14. The van der Waals surface area contributed by atoms with E-state index in [1.165, 1.54) is 0 Å². The highest BCUT2D eigenvalue weighted by atomic mass is 16.4. The minimum atomic E-state index is -1.99. The number of carboxylic acids is 3. The van der Waals surface area contributed by atoms with Crippen molar-refractivity contribution in [2.45, 2.75) is 141 Å². The van der Waals surface area contributed by atoms with Crippen molar-refractivity contribution in [3.8, 4) is 0 Å². The van der Waals surface area contributed by atoms with E-state index in [4.69, 9.17) is 5.73 Å². The molecule has 0 aromatic heterocycles. The predicted octanol–water partition coefficient (Wildman–Crippen LogP) is -2.80. The molecule has 10 atom stereocenters. The van der Waals surface area contributed by atoms with E-state index < -0.39 is 157 Å². The monoisotopic (exact) mass is 1030 g/mol. The van der Waals surface area contributed by atoms with Crippen molar-refractivity contribution in [3.05, 3.63) is 71.8 Å². The molecule has 0 unspecified atom stereocenters. The third-order valence-electron chi connectivity index (χ3n) is 11.0. The number of aliphatic carboxylic acids is 3. The van der Waals surface area contributed by atoms with Crippen molar-refractivity contribution in [2.24, 2.45) is 17.6 Å². The zero-order valence-electron chi connectivity index (χ0n) is 41.5. The maximum absolute atomic E-state index is 14.3. The number of benzene rings is 2. The fraction of sp³-hybridized carbons (Fsp3) is 0.521. The van der Waals surface area contributed by atoms with Gasteiger partial charge in [0.1, 0.15) is 54.4 Å². The normalized spacial score (nSPS) is 15.2. The number of rotatable bonds is 31. The number of aliphatic hydroxyl groups is 2. The SMILES string of the molecule is CC(C)C[C@H](NC(=O)[C@@H](NC(=O)[C@@H](N)CO)C(C)C)C(=O)N[C@@H](CCC(=O)O)C(=O)N[C@@H](CC(=O)O)C(=O)N[C@@H](Cc1ccccc1)C(=O)N[C@@H](Cc1ccccc1)C(=O)N[C@H](C(=O)N[C@@H](C)C(=O)O)[C@@H](C)O. The number of hydrogen-bond acceptors (Lipinski definition) is 14. The second-order valence-corrected chi connectivity index (χ2v) is 18.2. The minimum Gasteiger partial charge on any atom is -0.481 e. The quantitative estimate of drug-likeness (QED) is 0.0363. The summed E-state index contributed by atoms with van der Waals surface area (Å²) in [7, 11) is 0. The largest absolute Gasteiger partial charge is 0.481 e. The molecule has 0 saturated heterocycles. The van der Waals surface area contributed by atoms with Crippen LogP contribution in [0.25, 0.3) is 0 Å². The first kappa shape index (κ1) is 61.6. The van der Waals surface area contributed by atoms with Crippen LogP contribution in [0.5, 0.6) is 0 Å². The van der Waals surface area contributed by atoms with Crippen molar-refractivity contribution in [1.29, 1.82) is 0 Å². The number of carbonyl (C=O) groups is 11. The predicted molar refractivity (Wildman–Crippen MR) is 259 cm³/mol. The molecule has 0 fully saturated rings. The molecule has 2 aromatic carbocycles. The standard InChI is InChI=1S/C48H69N9O16/c1-24(2)19-32(55-46(70)38(25(3)4)56-40(64)30(49)23-58)42(66)51-31(17-18-36(60)61)41(65)54-35(22-37(62)63)44(68)52-33(20-28-13-9-7-10-14-28)43(67)53-34(21-29-15-11-8-12-16-29)45(69)57-39(27(6)59)47(71)50-26(5)48(72)73/h7-16,24-27,30-35,38-39,58-59H,17-23,49H2,1-6H3,(H,50,71)(H,51,66)(H,52,68)(H,53,67)(H,54,65)(H,55,70)(H,56,64)(H,57,69)(H,60,61)(H,62,63)(H,72,73)/t26-,27+,30-,31-,32-,33-,34-,35-,38-,39-/m0/s1. The second-order valence-electron chi connectivity index (χ2n) is 18.2. The molecule has 25 nitrogen and oxygen atoms in total. The van der Waals surface area contributed by atoms with Crippen molar-refractivity contribution < 1.29 is 78.3 Å². The molecule has 15 N–H and O–H groups in total. The van der Waals surface area contributed by atoms with Gasteiger partial charge in [0.2, 0.25) is 47.3 Å². The second kappa shape index (κ2) is 30.4. The number of nitrogens with one attached hydrogen (secondary N) is 8. The van der Waals surface area contributed by atoms with Gasteiger partial charge in [-0.05, 0) is 49.7 Å². The molecule has 0 radical (unpaired) electrons. The summed E-state index contributed by atoms with van der Waals surface area (Å²) in [6.07, 6.45) is -4.53. The molecule has 73 heavy (non-hydrogen) atoms. The third-order valence-corrected chi connectivity index (χ3v) is 11.0.